The molecule has 0 N–H and O–H groups in total. The van der Waals surface area contributed by atoms with Gasteiger partial charge in [0.2, 0.25) is 0 Å². The molecule has 0 radical (unpaired) electrons. The standard InChI is InChI=1S/C16H18F3N5O/c1-22-8-4-13(21-22)15(25)24-7-2-6-23(9-10-24)14-11-12(3-5-20-14)16(17,18)19/h3-5,8,11H,2,6-7,9-10H2,1H3. The summed E-state index contributed by atoms with van der Waals surface area (Å²) < 4.78 is 40.2. The van der Waals surface area contributed by atoms with Crippen LogP contribution in [0.2, 0.25) is 0 Å². The van der Waals surface area contributed by atoms with Crippen LogP contribution >= 0.6 is 0 Å². The fourth-order valence-electron chi connectivity index (χ4n) is 2.81. The van der Waals surface area contributed by atoms with Crippen LogP contribution in [-0.2, 0) is 13.2 Å². The molecule has 1 saturated heterocycles. The van der Waals surface area contributed by atoms with E-state index in [0.717, 1.165) is 12.1 Å². The normalized spacial score (nSPS) is 16.0. The van der Waals surface area contributed by atoms with Gasteiger partial charge in [-0.15, -0.1) is 0 Å². The molecular weight excluding hydrogens is 335 g/mol. The van der Waals surface area contributed by atoms with Crippen molar-refractivity contribution in [1.82, 2.24) is 19.7 Å². The quantitative estimate of drug-likeness (QED) is 0.831. The number of alkyl halides is 3. The van der Waals surface area contributed by atoms with Gasteiger partial charge in [0.15, 0.2) is 0 Å². The van der Waals surface area contributed by atoms with Crippen molar-refractivity contribution in [1.29, 1.82) is 0 Å². The van der Waals surface area contributed by atoms with Gasteiger partial charge in [-0.2, -0.15) is 18.3 Å². The Balaban J connectivity index is 1.70. The van der Waals surface area contributed by atoms with E-state index in [2.05, 4.69) is 10.1 Å². The van der Waals surface area contributed by atoms with Crippen molar-refractivity contribution in [3.05, 3.63) is 41.9 Å². The lowest BCUT2D eigenvalue weighted by Gasteiger charge is -2.23. The summed E-state index contributed by atoms with van der Waals surface area (Å²) in [7, 11) is 1.74. The van der Waals surface area contributed by atoms with Crippen molar-refractivity contribution in [2.45, 2.75) is 12.6 Å². The lowest BCUT2D eigenvalue weighted by Crippen LogP contribution is -2.35. The Morgan fingerprint density at radius 2 is 1.96 bits per heavy atom. The Labute approximate surface area is 142 Å². The molecule has 25 heavy (non-hydrogen) atoms. The number of hydrogen-bond donors (Lipinski definition) is 0. The number of aromatic nitrogens is 3. The number of anilines is 1. The van der Waals surface area contributed by atoms with Crippen molar-refractivity contribution in [3.63, 3.8) is 0 Å². The summed E-state index contributed by atoms with van der Waals surface area (Å²) >= 11 is 0. The number of carbonyl (C=O) groups excluding carboxylic acids is 1. The maximum Gasteiger partial charge on any atom is 0.416 e. The van der Waals surface area contributed by atoms with Crippen LogP contribution in [0.25, 0.3) is 0 Å². The van der Waals surface area contributed by atoms with Crippen LogP contribution in [0.5, 0.6) is 0 Å². The Morgan fingerprint density at radius 1 is 1.16 bits per heavy atom. The van der Waals surface area contributed by atoms with Gasteiger partial charge < -0.3 is 9.80 Å². The number of aryl methyl sites for hydroxylation is 1. The first kappa shape index (κ1) is 17.2. The number of carbonyl (C=O) groups is 1. The van der Waals surface area contributed by atoms with E-state index in [1.54, 1.807) is 33.8 Å². The zero-order chi connectivity index (χ0) is 18.0. The van der Waals surface area contributed by atoms with Crippen LogP contribution in [0.1, 0.15) is 22.5 Å². The molecule has 3 heterocycles. The van der Waals surface area contributed by atoms with E-state index >= 15 is 0 Å². The first-order chi connectivity index (χ1) is 11.8. The molecule has 0 atom stereocenters. The van der Waals surface area contributed by atoms with Crippen LogP contribution in [-0.4, -0.2) is 51.8 Å². The van der Waals surface area contributed by atoms with Crippen molar-refractivity contribution < 1.29 is 18.0 Å². The minimum Gasteiger partial charge on any atom is -0.355 e. The van der Waals surface area contributed by atoms with E-state index < -0.39 is 11.7 Å². The molecule has 2 aromatic heterocycles. The van der Waals surface area contributed by atoms with Gasteiger partial charge in [0.1, 0.15) is 11.5 Å². The molecule has 1 amide bonds. The first-order valence-electron chi connectivity index (χ1n) is 7.92. The van der Waals surface area contributed by atoms with Gasteiger partial charge >= 0.3 is 6.18 Å². The molecule has 0 aliphatic carbocycles. The summed E-state index contributed by atoms with van der Waals surface area (Å²) in [5.41, 5.74) is -0.351. The highest BCUT2D eigenvalue weighted by molar-refractivity contribution is 5.92. The van der Waals surface area contributed by atoms with Gasteiger partial charge in [-0.3, -0.25) is 9.48 Å². The zero-order valence-electron chi connectivity index (χ0n) is 13.7. The average molecular weight is 353 g/mol. The van der Waals surface area contributed by atoms with Gasteiger partial charge in [-0.1, -0.05) is 0 Å². The second-order valence-corrected chi connectivity index (χ2v) is 5.91. The molecule has 0 saturated carbocycles. The number of hydrogen-bond acceptors (Lipinski definition) is 4. The average Bonchev–Trinajstić information content (AvgIpc) is 2.86. The third-order valence-electron chi connectivity index (χ3n) is 4.11. The molecular formula is C16H18F3N5O. The van der Waals surface area contributed by atoms with Crippen molar-refractivity contribution in [3.8, 4) is 0 Å². The predicted octanol–water partition coefficient (Wildman–Crippen LogP) is 2.19. The fourth-order valence-corrected chi connectivity index (χ4v) is 2.81. The molecule has 0 unspecified atom stereocenters. The highest BCUT2D eigenvalue weighted by Crippen LogP contribution is 2.30. The Morgan fingerprint density at radius 3 is 2.64 bits per heavy atom. The number of pyridine rings is 1. The maximum absolute atomic E-state index is 12.9. The van der Waals surface area contributed by atoms with E-state index in [9.17, 15) is 18.0 Å². The topological polar surface area (TPSA) is 54.3 Å². The van der Waals surface area contributed by atoms with Crippen LogP contribution < -0.4 is 4.90 Å². The Bertz CT molecular complexity index is 758. The molecule has 0 aromatic carbocycles. The summed E-state index contributed by atoms with van der Waals surface area (Å²) in [6, 6.07) is 3.66. The smallest absolute Gasteiger partial charge is 0.355 e. The summed E-state index contributed by atoms with van der Waals surface area (Å²) in [5, 5.41) is 4.11. The fraction of sp³-hybridized carbons (Fsp3) is 0.438. The lowest BCUT2D eigenvalue weighted by molar-refractivity contribution is -0.137. The second kappa shape index (κ2) is 6.73. The van der Waals surface area contributed by atoms with Crippen LogP contribution in [0.3, 0.4) is 0 Å². The van der Waals surface area contributed by atoms with Crippen LogP contribution in [0.15, 0.2) is 30.6 Å². The molecule has 1 aliphatic heterocycles. The molecule has 1 aliphatic rings. The molecule has 9 heteroatoms. The van der Waals surface area contributed by atoms with E-state index in [1.807, 2.05) is 0 Å². The summed E-state index contributed by atoms with van der Waals surface area (Å²) in [5.74, 6) is 0.112. The molecule has 134 valence electrons. The van der Waals surface area contributed by atoms with Gasteiger partial charge in [-0.05, 0) is 24.6 Å². The number of halogens is 3. The highest BCUT2D eigenvalue weighted by atomic mass is 19.4. The minimum absolute atomic E-state index is 0.167. The van der Waals surface area contributed by atoms with E-state index in [-0.39, 0.29) is 11.7 Å². The van der Waals surface area contributed by atoms with Gasteiger partial charge in [0.25, 0.3) is 5.91 Å². The maximum atomic E-state index is 12.9. The van der Waals surface area contributed by atoms with Crippen LogP contribution in [0.4, 0.5) is 19.0 Å². The third-order valence-corrected chi connectivity index (χ3v) is 4.11. The summed E-state index contributed by atoms with van der Waals surface area (Å²) in [6.07, 6.45) is -0.884. The van der Waals surface area contributed by atoms with Crippen molar-refractivity contribution >= 4 is 11.7 Å². The first-order valence-corrected chi connectivity index (χ1v) is 7.92. The summed E-state index contributed by atoms with van der Waals surface area (Å²) in [6.45, 7) is 1.91. The van der Waals surface area contributed by atoms with E-state index in [0.29, 0.717) is 38.3 Å². The molecule has 3 rings (SSSR count). The van der Waals surface area contributed by atoms with E-state index in [1.165, 1.54) is 6.20 Å². The number of amides is 1. The SMILES string of the molecule is Cn1ccc(C(=O)N2CCCN(c3cc(C(F)(F)F)ccn3)CC2)n1. The minimum atomic E-state index is -4.40. The zero-order valence-corrected chi connectivity index (χ0v) is 13.7. The van der Waals surface area contributed by atoms with Crippen LogP contribution in [0, 0.1) is 0 Å². The monoisotopic (exact) mass is 353 g/mol. The van der Waals surface area contributed by atoms with E-state index in [4.69, 9.17) is 0 Å². The highest BCUT2D eigenvalue weighted by Gasteiger charge is 2.31. The van der Waals surface area contributed by atoms with Crippen molar-refractivity contribution in [2.24, 2.45) is 7.05 Å². The molecule has 6 nitrogen and oxygen atoms in total. The molecule has 1 fully saturated rings. The predicted molar refractivity (Wildman–Crippen MR) is 85.2 cm³/mol. The number of rotatable bonds is 2. The van der Waals surface area contributed by atoms with Gasteiger partial charge in [0, 0.05) is 45.6 Å². The van der Waals surface area contributed by atoms with Gasteiger partial charge in [0.05, 0.1) is 5.56 Å². The van der Waals surface area contributed by atoms with Gasteiger partial charge in [-0.25, -0.2) is 4.98 Å². The largest absolute Gasteiger partial charge is 0.416 e. The summed E-state index contributed by atoms with van der Waals surface area (Å²) in [4.78, 5) is 20.0. The number of nitrogens with zero attached hydrogens (tertiary/aromatic N) is 5. The Hall–Kier alpha value is -2.58. The Kier molecular flexibility index (Phi) is 4.65. The third kappa shape index (κ3) is 3.92. The molecule has 0 spiro atoms. The lowest BCUT2D eigenvalue weighted by atomic mass is 10.2. The van der Waals surface area contributed by atoms with Crippen molar-refractivity contribution in [2.75, 3.05) is 31.1 Å². The molecule has 2 aromatic rings. The molecule has 0 bridgehead atoms. The second-order valence-electron chi connectivity index (χ2n) is 5.91.